The fraction of sp³-hybridized carbons (Fsp3) is 0.471. The standard InChI is InChI=1S/C17H24N4O3/c1-10(16-12(3)21-24-13(16)4)8-19-17(22)20-11(2)14-6-7-18-9-15(14)23-5/h6-7,9-11H,8H2,1-5H3,(H2,19,20,22)/t10-,11-/m0/s1. The molecule has 7 heteroatoms. The molecule has 7 nitrogen and oxygen atoms in total. The minimum Gasteiger partial charge on any atom is -0.495 e. The lowest BCUT2D eigenvalue weighted by atomic mass is 10.00. The third-order valence-electron chi connectivity index (χ3n) is 4.00. The lowest BCUT2D eigenvalue weighted by Crippen LogP contribution is -2.38. The molecule has 0 aliphatic heterocycles. The predicted octanol–water partition coefficient (Wildman–Crippen LogP) is 2.86. The number of nitrogens with one attached hydrogen (secondary N) is 2. The molecule has 0 unspecified atom stereocenters. The van der Waals surface area contributed by atoms with Gasteiger partial charge in [-0.1, -0.05) is 12.1 Å². The van der Waals surface area contributed by atoms with Crippen LogP contribution in [0.4, 0.5) is 4.79 Å². The average molecular weight is 332 g/mol. The van der Waals surface area contributed by atoms with E-state index in [1.807, 2.05) is 33.8 Å². The predicted molar refractivity (Wildman–Crippen MR) is 90.1 cm³/mol. The van der Waals surface area contributed by atoms with Crippen molar-refractivity contribution < 1.29 is 14.1 Å². The molecule has 2 rings (SSSR count). The Hall–Kier alpha value is -2.57. The highest BCUT2D eigenvalue weighted by molar-refractivity contribution is 5.74. The van der Waals surface area contributed by atoms with Gasteiger partial charge < -0.3 is 19.9 Å². The molecule has 2 atom stereocenters. The van der Waals surface area contributed by atoms with E-state index in [0.717, 1.165) is 22.6 Å². The van der Waals surface area contributed by atoms with Crippen molar-refractivity contribution in [1.82, 2.24) is 20.8 Å². The summed E-state index contributed by atoms with van der Waals surface area (Å²) in [7, 11) is 1.58. The number of hydrogen-bond donors (Lipinski definition) is 2. The zero-order valence-corrected chi connectivity index (χ0v) is 14.7. The summed E-state index contributed by atoms with van der Waals surface area (Å²) in [6.07, 6.45) is 3.30. The van der Waals surface area contributed by atoms with Crippen LogP contribution in [0.1, 0.15) is 48.4 Å². The van der Waals surface area contributed by atoms with Gasteiger partial charge in [0.1, 0.15) is 11.5 Å². The van der Waals surface area contributed by atoms with Crippen molar-refractivity contribution in [3.8, 4) is 5.75 Å². The fourth-order valence-corrected chi connectivity index (χ4v) is 2.79. The second kappa shape index (κ2) is 7.81. The third kappa shape index (κ3) is 4.04. The molecular weight excluding hydrogens is 308 g/mol. The Labute approximate surface area is 141 Å². The Balaban J connectivity index is 1.91. The molecular formula is C17H24N4O3. The second-order valence-corrected chi connectivity index (χ2v) is 5.83. The molecule has 0 radical (unpaired) electrons. The van der Waals surface area contributed by atoms with Gasteiger partial charge in [-0.3, -0.25) is 4.98 Å². The number of methoxy groups -OCH3 is 1. The van der Waals surface area contributed by atoms with E-state index in [0.29, 0.717) is 12.3 Å². The largest absolute Gasteiger partial charge is 0.495 e. The molecule has 2 amide bonds. The number of rotatable bonds is 6. The number of carbonyl (C=O) groups is 1. The van der Waals surface area contributed by atoms with Gasteiger partial charge in [0.05, 0.1) is 25.0 Å². The molecule has 2 aromatic heterocycles. The molecule has 0 fully saturated rings. The van der Waals surface area contributed by atoms with Gasteiger partial charge >= 0.3 is 6.03 Å². The van der Waals surface area contributed by atoms with Gasteiger partial charge in [0.2, 0.25) is 0 Å². The van der Waals surface area contributed by atoms with E-state index >= 15 is 0 Å². The minimum atomic E-state index is -0.236. The van der Waals surface area contributed by atoms with Crippen LogP contribution >= 0.6 is 0 Å². The summed E-state index contributed by atoms with van der Waals surface area (Å²) in [6, 6.07) is 1.40. The number of pyridine rings is 1. The Bertz CT molecular complexity index is 679. The van der Waals surface area contributed by atoms with Gasteiger partial charge in [-0.25, -0.2) is 4.79 Å². The molecule has 0 bridgehead atoms. The van der Waals surface area contributed by atoms with E-state index < -0.39 is 0 Å². The molecule has 2 heterocycles. The van der Waals surface area contributed by atoms with Crippen LogP contribution in [0.25, 0.3) is 0 Å². The number of hydrogen-bond acceptors (Lipinski definition) is 5. The number of ether oxygens (including phenoxy) is 1. The Morgan fingerprint density at radius 2 is 2.12 bits per heavy atom. The summed E-state index contributed by atoms with van der Waals surface area (Å²) in [5.74, 6) is 1.55. The van der Waals surface area contributed by atoms with Crippen molar-refractivity contribution in [1.29, 1.82) is 0 Å². The molecule has 2 N–H and O–H groups in total. The Morgan fingerprint density at radius 3 is 2.75 bits per heavy atom. The van der Waals surface area contributed by atoms with E-state index in [9.17, 15) is 4.79 Å². The van der Waals surface area contributed by atoms with E-state index in [4.69, 9.17) is 9.26 Å². The van der Waals surface area contributed by atoms with Crippen LogP contribution < -0.4 is 15.4 Å². The van der Waals surface area contributed by atoms with Crippen LogP contribution in [0.5, 0.6) is 5.75 Å². The van der Waals surface area contributed by atoms with Gasteiger partial charge in [-0.2, -0.15) is 0 Å². The van der Waals surface area contributed by atoms with Crippen molar-refractivity contribution >= 4 is 6.03 Å². The van der Waals surface area contributed by atoms with Crippen molar-refractivity contribution in [3.63, 3.8) is 0 Å². The number of carbonyl (C=O) groups excluding carboxylic acids is 1. The zero-order valence-electron chi connectivity index (χ0n) is 14.7. The van der Waals surface area contributed by atoms with Crippen LogP contribution in [0, 0.1) is 13.8 Å². The first-order valence-electron chi connectivity index (χ1n) is 7.89. The summed E-state index contributed by atoms with van der Waals surface area (Å²) in [6.45, 7) is 8.20. The monoisotopic (exact) mass is 332 g/mol. The first-order valence-corrected chi connectivity index (χ1v) is 7.89. The topological polar surface area (TPSA) is 89.3 Å². The summed E-state index contributed by atoms with van der Waals surface area (Å²) in [5, 5.41) is 9.74. The normalized spacial score (nSPS) is 13.2. The molecule has 0 aliphatic carbocycles. The minimum absolute atomic E-state index is 0.118. The van der Waals surface area contributed by atoms with Gasteiger partial charge in [-0.05, 0) is 26.8 Å². The Kier molecular flexibility index (Phi) is 5.78. The molecule has 2 aromatic rings. The van der Waals surface area contributed by atoms with Gasteiger partial charge in [0.25, 0.3) is 0 Å². The van der Waals surface area contributed by atoms with E-state index in [-0.39, 0.29) is 18.0 Å². The van der Waals surface area contributed by atoms with E-state index in [2.05, 4.69) is 20.8 Å². The maximum atomic E-state index is 12.2. The number of nitrogens with zero attached hydrogens (tertiary/aromatic N) is 2. The smallest absolute Gasteiger partial charge is 0.315 e. The van der Waals surface area contributed by atoms with Crippen molar-refractivity contribution in [2.24, 2.45) is 0 Å². The summed E-state index contributed by atoms with van der Waals surface area (Å²) in [4.78, 5) is 16.2. The van der Waals surface area contributed by atoms with Crippen LogP contribution in [-0.4, -0.2) is 29.8 Å². The SMILES string of the molecule is COc1cnccc1[C@H](C)NC(=O)NC[C@H](C)c1c(C)noc1C. The highest BCUT2D eigenvalue weighted by atomic mass is 16.5. The van der Waals surface area contributed by atoms with Gasteiger partial charge in [0.15, 0.2) is 0 Å². The third-order valence-corrected chi connectivity index (χ3v) is 4.00. The maximum Gasteiger partial charge on any atom is 0.315 e. The molecule has 0 saturated heterocycles. The van der Waals surface area contributed by atoms with Gasteiger partial charge in [-0.15, -0.1) is 0 Å². The fourth-order valence-electron chi connectivity index (χ4n) is 2.79. The van der Waals surface area contributed by atoms with Gasteiger partial charge in [0, 0.05) is 29.8 Å². The van der Waals surface area contributed by atoms with Crippen LogP contribution in [-0.2, 0) is 0 Å². The van der Waals surface area contributed by atoms with Crippen LogP contribution in [0.2, 0.25) is 0 Å². The Morgan fingerprint density at radius 1 is 1.38 bits per heavy atom. The van der Waals surface area contributed by atoms with Crippen molar-refractivity contribution in [2.75, 3.05) is 13.7 Å². The summed E-state index contributed by atoms with van der Waals surface area (Å²) < 4.78 is 10.4. The quantitative estimate of drug-likeness (QED) is 0.849. The number of urea groups is 1. The average Bonchev–Trinajstić information content (AvgIpc) is 2.91. The van der Waals surface area contributed by atoms with Crippen LogP contribution in [0.3, 0.4) is 0 Å². The maximum absolute atomic E-state index is 12.2. The molecule has 24 heavy (non-hydrogen) atoms. The number of aryl methyl sites for hydroxylation is 2. The van der Waals surface area contributed by atoms with Crippen LogP contribution in [0.15, 0.2) is 23.0 Å². The molecule has 130 valence electrons. The highest BCUT2D eigenvalue weighted by Gasteiger charge is 2.18. The van der Waals surface area contributed by atoms with Crippen molar-refractivity contribution in [3.05, 3.63) is 41.0 Å². The number of amides is 2. The first kappa shape index (κ1) is 17.8. The lowest BCUT2D eigenvalue weighted by molar-refractivity contribution is 0.237. The first-order chi connectivity index (χ1) is 11.4. The van der Waals surface area contributed by atoms with Crippen molar-refractivity contribution in [2.45, 2.75) is 39.7 Å². The molecule has 0 aliphatic rings. The highest BCUT2D eigenvalue weighted by Crippen LogP contribution is 2.24. The summed E-state index contributed by atoms with van der Waals surface area (Å²) >= 11 is 0. The van der Waals surface area contributed by atoms with E-state index in [1.54, 1.807) is 19.5 Å². The van der Waals surface area contributed by atoms with E-state index in [1.165, 1.54) is 0 Å². The second-order valence-electron chi connectivity index (χ2n) is 5.83. The number of aromatic nitrogens is 2. The molecule has 0 spiro atoms. The zero-order chi connectivity index (χ0) is 17.7. The molecule has 0 saturated carbocycles. The lowest BCUT2D eigenvalue weighted by Gasteiger charge is -2.18. The summed E-state index contributed by atoms with van der Waals surface area (Å²) in [5.41, 5.74) is 2.78. The molecule has 0 aromatic carbocycles.